The normalized spacial score (nSPS) is 11.1. The van der Waals surface area contributed by atoms with Gasteiger partial charge in [0.1, 0.15) is 5.01 Å². The molecular weight excluding hydrogens is 328 g/mol. The summed E-state index contributed by atoms with van der Waals surface area (Å²) in [6.45, 7) is 0. The summed E-state index contributed by atoms with van der Waals surface area (Å²) in [6, 6.07) is 10.7. The minimum absolute atomic E-state index is 0.0509. The van der Waals surface area contributed by atoms with Crippen LogP contribution in [-0.2, 0) is 0 Å². The Morgan fingerprint density at radius 2 is 1.83 bits per heavy atom. The molecule has 0 N–H and O–H groups in total. The smallest absolute Gasteiger partial charge is 0.280 e. The molecule has 0 aliphatic carbocycles. The zero-order valence-corrected chi connectivity index (χ0v) is 13.9. The first-order chi connectivity index (χ1) is 11.6. The van der Waals surface area contributed by atoms with Crippen LogP contribution >= 0.6 is 11.3 Å². The van der Waals surface area contributed by atoms with Crippen LogP contribution in [-0.4, -0.2) is 24.1 Å². The van der Waals surface area contributed by atoms with Gasteiger partial charge in [-0.2, -0.15) is 0 Å². The van der Waals surface area contributed by atoms with Crippen molar-refractivity contribution in [2.24, 2.45) is 0 Å². The number of benzene rings is 2. The Morgan fingerprint density at radius 1 is 1.12 bits per heavy atom. The van der Waals surface area contributed by atoms with E-state index in [-0.39, 0.29) is 5.69 Å². The number of thiazole rings is 1. The molecule has 0 bridgehead atoms. The number of nitro benzene ring substituents is 1. The molecule has 0 fully saturated rings. The fourth-order valence-corrected chi connectivity index (χ4v) is 3.17. The van der Waals surface area contributed by atoms with Crippen molar-refractivity contribution >= 4 is 39.4 Å². The zero-order chi connectivity index (χ0) is 17.1. The van der Waals surface area contributed by atoms with Crippen LogP contribution in [0.2, 0.25) is 0 Å². The van der Waals surface area contributed by atoms with E-state index >= 15 is 0 Å². The second kappa shape index (κ2) is 6.67. The molecule has 6 nitrogen and oxygen atoms in total. The molecular formula is C17H14N2O4S. The van der Waals surface area contributed by atoms with Gasteiger partial charge in [0.25, 0.3) is 5.69 Å². The lowest BCUT2D eigenvalue weighted by atomic mass is 10.1. The van der Waals surface area contributed by atoms with E-state index in [1.807, 2.05) is 24.3 Å². The predicted molar refractivity (Wildman–Crippen MR) is 94.7 cm³/mol. The first-order valence-electron chi connectivity index (χ1n) is 7.06. The maximum Gasteiger partial charge on any atom is 0.280 e. The number of nitro groups is 1. The number of methoxy groups -OCH3 is 2. The Morgan fingerprint density at radius 3 is 2.50 bits per heavy atom. The molecule has 0 amide bonds. The number of para-hydroxylation sites is 1. The Kier molecular flexibility index (Phi) is 4.43. The molecule has 0 atom stereocenters. The van der Waals surface area contributed by atoms with Gasteiger partial charge in [0.15, 0.2) is 11.5 Å². The number of ether oxygens (including phenoxy) is 2. The molecule has 122 valence electrons. The zero-order valence-electron chi connectivity index (χ0n) is 13.1. The van der Waals surface area contributed by atoms with Gasteiger partial charge in [0.2, 0.25) is 0 Å². The molecule has 1 aromatic heterocycles. The van der Waals surface area contributed by atoms with Gasteiger partial charge < -0.3 is 9.47 Å². The lowest BCUT2D eigenvalue weighted by Crippen LogP contribution is -1.96. The molecule has 0 aliphatic rings. The fourth-order valence-electron chi connectivity index (χ4n) is 2.30. The monoisotopic (exact) mass is 342 g/mol. The van der Waals surface area contributed by atoms with Crippen LogP contribution in [0.5, 0.6) is 11.5 Å². The van der Waals surface area contributed by atoms with Gasteiger partial charge in [-0.1, -0.05) is 12.1 Å². The second-order valence-corrected chi connectivity index (χ2v) is 5.94. The van der Waals surface area contributed by atoms with Crippen LogP contribution in [0.15, 0.2) is 36.4 Å². The summed E-state index contributed by atoms with van der Waals surface area (Å²) in [7, 11) is 2.93. The molecule has 7 heteroatoms. The van der Waals surface area contributed by atoms with Crippen molar-refractivity contribution in [1.82, 2.24) is 4.98 Å². The van der Waals surface area contributed by atoms with Crippen molar-refractivity contribution in [3.8, 4) is 11.5 Å². The van der Waals surface area contributed by atoms with Gasteiger partial charge in [-0.15, -0.1) is 11.3 Å². The Hall–Kier alpha value is -2.93. The van der Waals surface area contributed by atoms with Crippen molar-refractivity contribution in [2.75, 3.05) is 14.2 Å². The number of nitrogens with zero attached hydrogens (tertiary/aromatic N) is 2. The van der Waals surface area contributed by atoms with Crippen molar-refractivity contribution in [1.29, 1.82) is 0 Å². The highest BCUT2D eigenvalue weighted by Crippen LogP contribution is 2.35. The Balaban J connectivity index is 2.02. The summed E-state index contributed by atoms with van der Waals surface area (Å²) < 4.78 is 11.4. The molecule has 0 radical (unpaired) electrons. The average molecular weight is 342 g/mol. The van der Waals surface area contributed by atoms with E-state index in [4.69, 9.17) is 9.47 Å². The van der Waals surface area contributed by atoms with Gasteiger partial charge >= 0.3 is 0 Å². The van der Waals surface area contributed by atoms with Crippen LogP contribution in [0, 0.1) is 10.1 Å². The fraction of sp³-hybridized carbons (Fsp3) is 0.118. The molecule has 3 rings (SSSR count). The van der Waals surface area contributed by atoms with Gasteiger partial charge in [-0.05, 0) is 30.4 Å². The van der Waals surface area contributed by atoms with Gasteiger partial charge in [0, 0.05) is 0 Å². The second-order valence-electron chi connectivity index (χ2n) is 4.88. The molecule has 1 heterocycles. The largest absolute Gasteiger partial charge is 0.493 e. The molecule has 24 heavy (non-hydrogen) atoms. The third-order valence-electron chi connectivity index (χ3n) is 3.45. The Bertz CT molecular complexity index is 900. The summed E-state index contributed by atoms with van der Waals surface area (Å²) in [5, 5.41) is 12.1. The first kappa shape index (κ1) is 15.9. The van der Waals surface area contributed by atoms with Gasteiger partial charge in [-0.25, -0.2) is 4.98 Å². The number of rotatable bonds is 5. The highest BCUT2D eigenvalue weighted by molar-refractivity contribution is 7.19. The minimum Gasteiger partial charge on any atom is -0.493 e. The molecule has 3 aromatic rings. The van der Waals surface area contributed by atoms with Gasteiger partial charge in [0.05, 0.1) is 41.0 Å². The molecule has 0 unspecified atom stereocenters. The summed E-state index contributed by atoms with van der Waals surface area (Å²) in [5.74, 6) is 0.758. The van der Waals surface area contributed by atoms with Crippen LogP contribution < -0.4 is 9.47 Å². The predicted octanol–water partition coefficient (Wildman–Crippen LogP) is 4.39. The number of fused-ring (bicyclic) bond motifs is 1. The summed E-state index contributed by atoms with van der Waals surface area (Å²) in [6.07, 6.45) is 3.43. The quantitative estimate of drug-likeness (QED) is 0.508. The maximum absolute atomic E-state index is 11.3. The third kappa shape index (κ3) is 3.07. The summed E-state index contributed by atoms with van der Waals surface area (Å²) in [5.41, 5.74) is 1.28. The number of hydrogen-bond donors (Lipinski definition) is 0. The molecule has 0 saturated carbocycles. The molecule has 0 saturated heterocycles. The van der Waals surface area contributed by atoms with Crippen molar-refractivity contribution in [3.05, 3.63) is 57.1 Å². The minimum atomic E-state index is -0.444. The van der Waals surface area contributed by atoms with Crippen LogP contribution in [0.1, 0.15) is 10.6 Å². The lowest BCUT2D eigenvalue weighted by Gasteiger charge is -2.08. The van der Waals surface area contributed by atoms with E-state index in [2.05, 4.69) is 4.98 Å². The van der Waals surface area contributed by atoms with E-state index in [1.165, 1.54) is 31.6 Å². The summed E-state index contributed by atoms with van der Waals surface area (Å²) >= 11 is 1.52. The summed E-state index contributed by atoms with van der Waals surface area (Å²) in [4.78, 5) is 15.3. The Labute approximate surface area is 142 Å². The third-order valence-corrected chi connectivity index (χ3v) is 4.45. The molecule has 0 spiro atoms. The molecule has 0 aliphatic heterocycles. The van der Waals surface area contributed by atoms with Crippen molar-refractivity contribution < 1.29 is 14.4 Å². The highest BCUT2D eigenvalue weighted by Gasteiger charge is 2.17. The van der Waals surface area contributed by atoms with Crippen molar-refractivity contribution in [2.45, 2.75) is 0 Å². The lowest BCUT2D eigenvalue weighted by molar-refractivity contribution is -0.385. The first-order valence-corrected chi connectivity index (χ1v) is 7.88. The topological polar surface area (TPSA) is 74.5 Å². The van der Waals surface area contributed by atoms with E-state index < -0.39 is 4.92 Å². The van der Waals surface area contributed by atoms with E-state index in [1.54, 1.807) is 18.2 Å². The highest BCUT2D eigenvalue weighted by atomic mass is 32.1. The van der Waals surface area contributed by atoms with Crippen LogP contribution in [0.25, 0.3) is 22.4 Å². The van der Waals surface area contributed by atoms with Gasteiger partial charge in [-0.3, -0.25) is 10.1 Å². The van der Waals surface area contributed by atoms with E-state index in [9.17, 15) is 10.1 Å². The maximum atomic E-state index is 11.3. The van der Waals surface area contributed by atoms with E-state index in [0.29, 0.717) is 17.1 Å². The average Bonchev–Trinajstić information content (AvgIpc) is 3.01. The van der Waals surface area contributed by atoms with Crippen LogP contribution in [0.4, 0.5) is 5.69 Å². The van der Waals surface area contributed by atoms with E-state index in [0.717, 1.165) is 15.2 Å². The number of aromatic nitrogens is 1. The molecule has 2 aromatic carbocycles. The number of hydrogen-bond acceptors (Lipinski definition) is 6. The van der Waals surface area contributed by atoms with Crippen LogP contribution in [0.3, 0.4) is 0 Å². The van der Waals surface area contributed by atoms with Crippen molar-refractivity contribution in [3.63, 3.8) is 0 Å². The standard InChI is InChI=1S/C17H14N2O4S/c1-22-14-9-11(13(19(20)21)10-15(14)23-2)7-8-17-18-12-5-3-4-6-16(12)24-17/h3-10H,1-2H3/b8-7+. The SMILES string of the molecule is COc1cc(/C=C/c2nc3ccccc3s2)c([N+](=O)[O-])cc1OC.